The van der Waals surface area contributed by atoms with E-state index in [1.165, 1.54) is 12.1 Å². The molecule has 2 rings (SSSR count). The summed E-state index contributed by atoms with van der Waals surface area (Å²) in [5.41, 5.74) is 0.829. The molecule has 0 amide bonds. The third-order valence-electron chi connectivity index (χ3n) is 2.88. The van der Waals surface area contributed by atoms with Gasteiger partial charge in [0.2, 0.25) is 0 Å². The van der Waals surface area contributed by atoms with Crippen LogP contribution in [0, 0.1) is 0 Å². The van der Waals surface area contributed by atoms with Crippen LogP contribution in [0.5, 0.6) is 0 Å². The molecule has 2 N–H and O–H groups in total. The van der Waals surface area contributed by atoms with Gasteiger partial charge in [-0.2, -0.15) is 0 Å². The number of carboxylic acids is 2. The summed E-state index contributed by atoms with van der Waals surface area (Å²) in [6, 6.07) is 12.5. The Morgan fingerprint density at radius 3 is 2.14 bits per heavy atom. The van der Waals surface area contributed by atoms with Crippen LogP contribution in [0.15, 0.2) is 48.5 Å². The molecule has 0 saturated heterocycles. The minimum atomic E-state index is -1.14. The van der Waals surface area contributed by atoms with Crippen molar-refractivity contribution < 1.29 is 19.8 Å². The summed E-state index contributed by atoms with van der Waals surface area (Å²) in [7, 11) is 0. The number of hydrogen-bond acceptors (Lipinski definition) is 2. The van der Waals surface area contributed by atoms with Crippen molar-refractivity contribution in [2.24, 2.45) is 0 Å². The van der Waals surface area contributed by atoms with Crippen LogP contribution in [-0.2, 0) is 4.79 Å². The first kappa shape index (κ1) is 14.8. The number of carboxylic acid groups (broad SMARTS) is 2. The Balaban J connectivity index is 2.56. The van der Waals surface area contributed by atoms with Crippen LogP contribution in [0.1, 0.15) is 21.5 Å². The fraction of sp³-hybridized carbons (Fsp3) is 0. The number of halogens is 1. The van der Waals surface area contributed by atoms with E-state index in [0.717, 1.165) is 0 Å². The van der Waals surface area contributed by atoms with E-state index < -0.39 is 11.9 Å². The highest BCUT2D eigenvalue weighted by atomic mass is 35.5. The van der Waals surface area contributed by atoms with Crippen molar-refractivity contribution in [1.29, 1.82) is 0 Å². The van der Waals surface area contributed by atoms with Crippen molar-refractivity contribution in [2.45, 2.75) is 0 Å². The summed E-state index contributed by atoms with van der Waals surface area (Å²) >= 11 is 5.78. The molecular weight excluding hydrogens is 292 g/mol. The normalized spacial score (nSPS) is 11.2. The molecule has 0 atom stereocenters. The minimum absolute atomic E-state index is 0.000340. The molecule has 4 nitrogen and oxygen atoms in total. The van der Waals surface area contributed by atoms with Gasteiger partial charge >= 0.3 is 11.9 Å². The molecule has 0 fully saturated rings. The van der Waals surface area contributed by atoms with E-state index in [1.54, 1.807) is 42.5 Å². The molecule has 0 aliphatic carbocycles. The van der Waals surface area contributed by atoms with Crippen molar-refractivity contribution in [1.82, 2.24) is 0 Å². The lowest BCUT2D eigenvalue weighted by Gasteiger charge is -2.05. The van der Waals surface area contributed by atoms with Crippen LogP contribution in [0.25, 0.3) is 11.6 Å². The molecule has 5 heteroatoms. The summed E-state index contributed by atoms with van der Waals surface area (Å²) in [4.78, 5) is 22.6. The molecule has 0 aliphatic heterocycles. The number of hydrogen-bond donors (Lipinski definition) is 2. The highest BCUT2D eigenvalue weighted by Gasteiger charge is 2.13. The zero-order chi connectivity index (χ0) is 15.4. The smallest absolute Gasteiger partial charge is 0.336 e. The van der Waals surface area contributed by atoms with Crippen LogP contribution in [0.3, 0.4) is 0 Å². The van der Waals surface area contributed by atoms with Gasteiger partial charge in [-0.15, -0.1) is 0 Å². The number of aromatic carboxylic acids is 1. The second-order valence-corrected chi connectivity index (χ2v) is 4.70. The van der Waals surface area contributed by atoms with Gasteiger partial charge in [-0.25, -0.2) is 9.59 Å². The first-order chi connectivity index (χ1) is 9.99. The predicted octanol–water partition coefficient (Wildman–Crippen LogP) is 3.66. The third-order valence-corrected chi connectivity index (χ3v) is 3.13. The fourth-order valence-electron chi connectivity index (χ4n) is 1.87. The maximum Gasteiger partial charge on any atom is 0.336 e. The zero-order valence-corrected chi connectivity index (χ0v) is 11.5. The van der Waals surface area contributed by atoms with Crippen molar-refractivity contribution in [3.8, 4) is 0 Å². The molecule has 0 saturated carbocycles. The Hall–Kier alpha value is -2.59. The molecule has 0 heterocycles. The number of carbonyl (C=O) groups is 2. The van der Waals surface area contributed by atoms with Crippen molar-refractivity contribution >= 4 is 35.2 Å². The Morgan fingerprint density at radius 1 is 0.952 bits per heavy atom. The van der Waals surface area contributed by atoms with Gasteiger partial charge in [0.1, 0.15) is 0 Å². The molecule has 21 heavy (non-hydrogen) atoms. The van der Waals surface area contributed by atoms with Crippen molar-refractivity contribution in [3.63, 3.8) is 0 Å². The molecule has 2 aromatic carbocycles. The lowest BCUT2D eigenvalue weighted by Crippen LogP contribution is -2.02. The van der Waals surface area contributed by atoms with Gasteiger partial charge in [0, 0.05) is 5.02 Å². The average Bonchev–Trinajstić information content (AvgIpc) is 2.46. The van der Waals surface area contributed by atoms with Gasteiger partial charge in [-0.3, -0.25) is 0 Å². The van der Waals surface area contributed by atoms with Gasteiger partial charge in [0.15, 0.2) is 0 Å². The van der Waals surface area contributed by atoms with Crippen LogP contribution in [0.4, 0.5) is 0 Å². The third kappa shape index (κ3) is 3.49. The van der Waals surface area contributed by atoms with Crippen LogP contribution in [0.2, 0.25) is 5.02 Å². The van der Waals surface area contributed by atoms with Gasteiger partial charge in [0.25, 0.3) is 0 Å². The Kier molecular flexibility index (Phi) is 4.40. The summed E-state index contributed by atoms with van der Waals surface area (Å²) in [5, 5.41) is 19.0. The Bertz CT molecular complexity index is 717. The molecule has 0 radical (unpaired) electrons. The number of rotatable bonds is 4. The number of benzene rings is 2. The second kappa shape index (κ2) is 6.24. The van der Waals surface area contributed by atoms with E-state index in [0.29, 0.717) is 16.1 Å². The Labute approximate surface area is 125 Å². The highest BCUT2D eigenvalue weighted by molar-refractivity contribution is 6.30. The van der Waals surface area contributed by atoms with E-state index >= 15 is 0 Å². The second-order valence-electron chi connectivity index (χ2n) is 4.26. The van der Waals surface area contributed by atoms with Crippen molar-refractivity contribution in [2.75, 3.05) is 0 Å². The molecule has 0 bridgehead atoms. The molecule has 0 unspecified atom stereocenters. The lowest BCUT2D eigenvalue weighted by molar-refractivity contribution is -0.130. The van der Waals surface area contributed by atoms with Crippen molar-refractivity contribution in [3.05, 3.63) is 70.2 Å². The van der Waals surface area contributed by atoms with E-state index in [4.69, 9.17) is 16.7 Å². The fourth-order valence-corrected chi connectivity index (χ4v) is 2.00. The summed E-state index contributed by atoms with van der Waals surface area (Å²) < 4.78 is 0. The first-order valence-electron chi connectivity index (χ1n) is 6.02. The average molecular weight is 303 g/mol. The van der Waals surface area contributed by atoms with E-state index in [2.05, 4.69) is 0 Å². The molecule has 0 aliphatic rings. The molecular formula is C16H11ClO4. The van der Waals surface area contributed by atoms with Gasteiger partial charge < -0.3 is 10.2 Å². The van der Waals surface area contributed by atoms with E-state index in [-0.39, 0.29) is 11.1 Å². The molecule has 0 spiro atoms. The maximum absolute atomic E-state index is 11.4. The van der Waals surface area contributed by atoms with Crippen LogP contribution >= 0.6 is 11.6 Å². The molecule has 2 aromatic rings. The first-order valence-corrected chi connectivity index (χ1v) is 6.40. The van der Waals surface area contributed by atoms with E-state index in [9.17, 15) is 14.7 Å². The SMILES string of the molecule is O=C(O)/C(=C\c1ccccc1C(=O)O)c1ccc(Cl)cc1. The van der Waals surface area contributed by atoms with Gasteiger partial charge in [-0.1, -0.05) is 41.9 Å². The van der Waals surface area contributed by atoms with E-state index in [1.807, 2.05) is 0 Å². The molecule has 0 aromatic heterocycles. The summed E-state index contributed by atoms with van der Waals surface area (Å²) in [6.07, 6.45) is 1.34. The number of aliphatic carboxylic acids is 1. The lowest BCUT2D eigenvalue weighted by atomic mass is 10.00. The Morgan fingerprint density at radius 2 is 1.57 bits per heavy atom. The van der Waals surface area contributed by atoms with Crippen LogP contribution < -0.4 is 0 Å². The van der Waals surface area contributed by atoms with Crippen LogP contribution in [-0.4, -0.2) is 22.2 Å². The van der Waals surface area contributed by atoms with Gasteiger partial charge in [0.05, 0.1) is 11.1 Å². The van der Waals surface area contributed by atoms with Gasteiger partial charge in [-0.05, 0) is 35.4 Å². The monoisotopic (exact) mass is 302 g/mol. The molecule has 106 valence electrons. The standard InChI is InChI=1S/C16H11ClO4/c17-12-7-5-10(6-8-12)14(16(20)21)9-11-3-1-2-4-13(11)15(18)19/h1-9H,(H,18,19)(H,20,21)/b14-9-. The quantitative estimate of drug-likeness (QED) is 0.667. The zero-order valence-electron chi connectivity index (χ0n) is 10.8. The summed E-state index contributed by atoms with van der Waals surface area (Å²) in [5.74, 6) is -2.25. The summed E-state index contributed by atoms with van der Waals surface area (Å²) in [6.45, 7) is 0. The topological polar surface area (TPSA) is 74.6 Å². The predicted molar refractivity (Wildman–Crippen MR) is 80.4 cm³/mol. The minimum Gasteiger partial charge on any atom is -0.478 e. The largest absolute Gasteiger partial charge is 0.478 e. The highest BCUT2D eigenvalue weighted by Crippen LogP contribution is 2.22. The maximum atomic E-state index is 11.4.